The SMILES string of the molecule is CCCCCCOc1c(O)c2c(OCCCC(=O)O)cccc2oc1=O. The molecule has 0 bridgehead atoms. The molecular weight excluding hydrogens is 340 g/mol. The molecule has 7 nitrogen and oxygen atoms in total. The molecule has 0 spiro atoms. The van der Waals surface area contributed by atoms with Crippen molar-refractivity contribution in [3.63, 3.8) is 0 Å². The predicted molar refractivity (Wildman–Crippen MR) is 96.2 cm³/mol. The molecule has 0 atom stereocenters. The van der Waals surface area contributed by atoms with Crippen LogP contribution in [0.5, 0.6) is 17.2 Å². The Morgan fingerprint density at radius 2 is 1.88 bits per heavy atom. The van der Waals surface area contributed by atoms with Gasteiger partial charge >= 0.3 is 11.6 Å². The molecule has 0 unspecified atom stereocenters. The van der Waals surface area contributed by atoms with Gasteiger partial charge in [-0.25, -0.2) is 4.79 Å². The minimum Gasteiger partial charge on any atom is -0.503 e. The zero-order valence-corrected chi connectivity index (χ0v) is 14.8. The predicted octanol–water partition coefficient (Wildman–Crippen LogP) is 3.70. The highest BCUT2D eigenvalue weighted by Crippen LogP contribution is 2.37. The van der Waals surface area contributed by atoms with Crippen LogP contribution >= 0.6 is 0 Å². The van der Waals surface area contributed by atoms with Crippen LogP contribution in [0.4, 0.5) is 0 Å². The number of aliphatic carboxylic acids is 1. The number of aromatic hydroxyl groups is 1. The van der Waals surface area contributed by atoms with Gasteiger partial charge in [0.25, 0.3) is 0 Å². The smallest absolute Gasteiger partial charge is 0.383 e. The fraction of sp³-hybridized carbons (Fsp3) is 0.474. The first kappa shape index (κ1) is 19.6. The fourth-order valence-electron chi connectivity index (χ4n) is 2.54. The molecule has 1 heterocycles. The van der Waals surface area contributed by atoms with E-state index in [9.17, 15) is 14.7 Å². The maximum absolute atomic E-state index is 12.1. The van der Waals surface area contributed by atoms with E-state index < -0.39 is 11.6 Å². The highest BCUT2D eigenvalue weighted by Gasteiger charge is 2.19. The van der Waals surface area contributed by atoms with Crippen LogP contribution in [-0.2, 0) is 4.79 Å². The van der Waals surface area contributed by atoms with Crippen LogP contribution < -0.4 is 15.1 Å². The summed E-state index contributed by atoms with van der Waals surface area (Å²) in [5, 5.41) is 19.4. The summed E-state index contributed by atoms with van der Waals surface area (Å²) < 4.78 is 16.2. The number of ether oxygens (including phenoxy) is 2. The monoisotopic (exact) mass is 364 g/mol. The Hall–Kier alpha value is -2.70. The van der Waals surface area contributed by atoms with Crippen LogP contribution in [0.1, 0.15) is 45.4 Å². The molecule has 0 fully saturated rings. The normalized spacial score (nSPS) is 10.8. The van der Waals surface area contributed by atoms with E-state index in [1.807, 2.05) is 0 Å². The molecular formula is C19H24O7. The van der Waals surface area contributed by atoms with Crippen molar-refractivity contribution < 1.29 is 28.9 Å². The number of fused-ring (bicyclic) bond motifs is 1. The lowest BCUT2D eigenvalue weighted by Crippen LogP contribution is -2.09. The van der Waals surface area contributed by atoms with Crippen LogP contribution in [0.15, 0.2) is 27.4 Å². The quantitative estimate of drug-likeness (QED) is 0.462. The molecule has 2 N–H and O–H groups in total. The lowest BCUT2D eigenvalue weighted by atomic mass is 10.2. The van der Waals surface area contributed by atoms with Crippen molar-refractivity contribution in [1.29, 1.82) is 0 Å². The van der Waals surface area contributed by atoms with Crippen LogP contribution in [0.25, 0.3) is 11.0 Å². The Morgan fingerprint density at radius 1 is 1.12 bits per heavy atom. The van der Waals surface area contributed by atoms with Gasteiger partial charge in [0.2, 0.25) is 5.75 Å². The Balaban J connectivity index is 2.18. The zero-order valence-electron chi connectivity index (χ0n) is 14.8. The number of carboxylic acids is 1. The third-order valence-corrected chi connectivity index (χ3v) is 3.86. The second kappa shape index (κ2) is 9.70. The largest absolute Gasteiger partial charge is 0.503 e. The van der Waals surface area contributed by atoms with Gasteiger partial charge in [0, 0.05) is 6.42 Å². The number of carbonyl (C=O) groups is 1. The maximum atomic E-state index is 12.1. The van der Waals surface area contributed by atoms with Gasteiger partial charge in [-0.15, -0.1) is 0 Å². The third kappa shape index (κ3) is 5.15. The summed E-state index contributed by atoms with van der Waals surface area (Å²) in [6.07, 6.45) is 4.23. The Kier molecular flexibility index (Phi) is 7.32. The van der Waals surface area contributed by atoms with Crippen LogP contribution in [0, 0.1) is 0 Å². The first-order chi connectivity index (χ1) is 12.5. The van der Waals surface area contributed by atoms with Gasteiger partial charge in [0.15, 0.2) is 5.75 Å². The van der Waals surface area contributed by atoms with Crippen LogP contribution in [-0.4, -0.2) is 29.4 Å². The number of benzene rings is 1. The number of rotatable bonds is 11. The van der Waals surface area contributed by atoms with E-state index in [2.05, 4.69) is 6.92 Å². The van der Waals surface area contributed by atoms with E-state index in [-0.39, 0.29) is 35.5 Å². The van der Waals surface area contributed by atoms with Gasteiger partial charge in [0.1, 0.15) is 16.7 Å². The molecule has 0 saturated heterocycles. The van der Waals surface area contributed by atoms with Gasteiger partial charge in [-0.3, -0.25) is 4.79 Å². The van der Waals surface area contributed by atoms with E-state index in [1.165, 1.54) is 0 Å². The van der Waals surface area contributed by atoms with Crippen molar-refractivity contribution in [3.05, 3.63) is 28.6 Å². The average molecular weight is 364 g/mol. The number of unbranched alkanes of at least 4 members (excludes halogenated alkanes) is 3. The topological polar surface area (TPSA) is 106 Å². The van der Waals surface area contributed by atoms with Crippen molar-refractivity contribution in [1.82, 2.24) is 0 Å². The van der Waals surface area contributed by atoms with Gasteiger partial charge in [-0.2, -0.15) is 0 Å². The van der Waals surface area contributed by atoms with Crippen molar-refractivity contribution in [2.24, 2.45) is 0 Å². The molecule has 0 aliphatic rings. The van der Waals surface area contributed by atoms with Gasteiger partial charge in [0.05, 0.1) is 13.2 Å². The molecule has 142 valence electrons. The van der Waals surface area contributed by atoms with Gasteiger partial charge in [-0.05, 0) is 25.0 Å². The van der Waals surface area contributed by atoms with E-state index >= 15 is 0 Å². The highest BCUT2D eigenvalue weighted by molar-refractivity contribution is 5.91. The molecule has 0 aliphatic carbocycles. The summed E-state index contributed by atoms with van der Waals surface area (Å²) >= 11 is 0. The maximum Gasteiger partial charge on any atom is 0.383 e. The molecule has 0 amide bonds. The molecule has 7 heteroatoms. The molecule has 2 aromatic rings. The first-order valence-electron chi connectivity index (χ1n) is 8.80. The summed E-state index contributed by atoms with van der Waals surface area (Å²) in [6, 6.07) is 4.79. The lowest BCUT2D eigenvalue weighted by molar-refractivity contribution is -0.137. The number of hydrogen-bond donors (Lipinski definition) is 2. The lowest BCUT2D eigenvalue weighted by Gasteiger charge is -2.12. The third-order valence-electron chi connectivity index (χ3n) is 3.86. The standard InChI is InChI=1S/C19H24O7/c1-2-3-4-5-11-25-18-17(22)16-13(24-12-7-10-15(20)21)8-6-9-14(16)26-19(18)23/h6,8-9,22H,2-5,7,10-12H2,1H3,(H,20,21). The second-order valence-electron chi connectivity index (χ2n) is 5.95. The summed E-state index contributed by atoms with van der Waals surface area (Å²) in [4.78, 5) is 22.6. The minimum atomic E-state index is -0.904. The van der Waals surface area contributed by atoms with E-state index in [0.717, 1.165) is 25.7 Å². The summed E-state index contributed by atoms with van der Waals surface area (Å²) in [5.74, 6) is -1.14. The van der Waals surface area contributed by atoms with Crippen LogP contribution in [0.3, 0.4) is 0 Å². The molecule has 26 heavy (non-hydrogen) atoms. The van der Waals surface area contributed by atoms with Crippen molar-refractivity contribution in [3.8, 4) is 17.2 Å². The molecule has 0 radical (unpaired) electrons. The van der Waals surface area contributed by atoms with Gasteiger partial charge in [-0.1, -0.05) is 32.3 Å². The van der Waals surface area contributed by atoms with E-state index in [1.54, 1.807) is 18.2 Å². The van der Waals surface area contributed by atoms with Crippen molar-refractivity contribution >= 4 is 16.9 Å². The number of carboxylic acid groups (broad SMARTS) is 1. The summed E-state index contributed by atoms with van der Waals surface area (Å²) in [5.41, 5.74) is -0.560. The summed E-state index contributed by atoms with van der Waals surface area (Å²) in [7, 11) is 0. The molecule has 0 aliphatic heterocycles. The van der Waals surface area contributed by atoms with E-state index in [4.69, 9.17) is 19.0 Å². The highest BCUT2D eigenvalue weighted by atomic mass is 16.5. The van der Waals surface area contributed by atoms with Crippen LogP contribution in [0.2, 0.25) is 0 Å². The Labute approximate surface area is 151 Å². The zero-order chi connectivity index (χ0) is 18.9. The minimum absolute atomic E-state index is 0.0159. The Morgan fingerprint density at radius 3 is 2.62 bits per heavy atom. The van der Waals surface area contributed by atoms with Crippen molar-refractivity contribution in [2.75, 3.05) is 13.2 Å². The summed E-state index contributed by atoms with van der Waals surface area (Å²) in [6.45, 7) is 2.57. The fourth-order valence-corrected chi connectivity index (χ4v) is 2.54. The molecule has 1 aromatic heterocycles. The Bertz CT molecular complexity index is 794. The van der Waals surface area contributed by atoms with Gasteiger partial charge < -0.3 is 24.1 Å². The number of hydrogen-bond acceptors (Lipinski definition) is 6. The van der Waals surface area contributed by atoms with E-state index in [0.29, 0.717) is 18.8 Å². The molecule has 0 saturated carbocycles. The molecule has 2 rings (SSSR count). The van der Waals surface area contributed by atoms with Crippen molar-refractivity contribution in [2.45, 2.75) is 45.4 Å². The first-order valence-corrected chi connectivity index (χ1v) is 8.80. The average Bonchev–Trinajstić information content (AvgIpc) is 2.60. The second-order valence-corrected chi connectivity index (χ2v) is 5.95. The molecule has 1 aromatic carbocycles.